The molecule has 0 saturated heterocycles. The van der Waals surface area contributed by atoms with Crippen LogP contribution in [0.3, 0.4) is 0 Å². The number of methoxy groups -OCH3 is 2. The molecule has 0 saturated carbocycles. The molecule has 0 aliphatic heterocycles. The van der Waals surface area contributed by atoms with E-state index in [9.17, 15) is 9.59 Å². The van der Waals surface area contributed by atoms with Crippen LogP contribution in [0.1, 0.15) is 26.3 Å². The van der Waals surface area contributed by atoms with E-state index in [0.717, 1.165) is 11.3 Å². The summed E-state index contributed by atoms with van der Waals surface area (Å²) < 4.78 is 10.1. The van der Waals surface area contributed by atoms with Gasteiger partial charge in [-0.3, -0.25) is 4.79 Å². The molecule has 0 aliphatic carbocycles. The first-order valence-electron chi connectivity index (χ1n) is 6.13. The van der Waals surface area contributed by atoms with Crippen molar-refractivity contribution in [2.75, 3.05) is 34.0 Å². The summed E-state index contributed by atoms with van der Waals surface area (Å²) in [7, 11) is 3.14. The van der Waals surface area contributed by atoms with Crippen molar-refractivity contribution < 1.29 is 24.2 Å². The maximum absolute atomic E-state index is 12.4. The Morgan fingerprint density at radius 3 is 2.45 bits per heavy atom. The van der Waals surface area contributed by atoms with Crippen LogP contribution >= 0.6 is 11.3 Å². The summed E-state index contributed by atoms with van der Waals surface area (Å²) in [6.07, 6.45) is 0. The number of carbonyl (C=O) groups is 2. The van der Waals surface area contributed by atoms with Gasteiger partial charge in [0.25, 0.3) is 5.91 Å². The molecule has 7 heteroatoms. The molecule has 1 N–H and O–H groups in total. The fourth-order valence-corrected chi connectivity index (χ4v) is 2.55. The minimum Gasteiger partial charge on any atom is -0.477 e. The smallest absolute Gasteiger partial charge is 0.345 e. The summed E-state index contributed by atoms with van der Waals surface area (Å²) >= 11 is 0.974. The molecule has 1 heterocycles. The van der Waals surface area contributed by atoms with Crippen LogP contribution in [0, 0.1) is 0 Å². The lowest BCUT2D eigenvalue weighted by molar-refractivity contribution is 0.0483. The van der Waals surface area contributed by atoms with Gasteiger partial charge in [-0.1, -0.05) is 0 Å². The van der Waals surface area contributed by atoms with Crippen molar-refractivity contribution in [1.29, 1.82) is 0 Å². The van der Waals surface area contributed by atoms with Crippen molar-refractivity contribution in [2.24, 2.45) is 0 Å². The standard InChI is InChI=1S/C13H19NO5S/c1-9(8-19-3)14(6-7-18-2)12(15)10-4-5-11(20-10)13(16)17/h4-5,9H,6-8H2,1-3H3,(H,16,17). The number of aromatic carboxylic acids is 1. The number of carbonyl (C=O) groups excluding carboxylic acids is 1. The predicted molar refractivity (Wildman–Crippen MR) is 75.5 cm³/mol. The van der Waals surface area contributed by atoms with Crippen molar-refractivity contribution in [1.82, 2.24) is 4.90 Å². The third kappa shape index (κ3) is 4.29. The Labute approximate surface area is 121 Å². The van der Waals surface area contributed by atoms with Gasteiger partial charge in [0.2, 0.25) is 0 Å². The number of rotatable bonds is 8. The lowest BCUT2D eigenvalue weighted by atomic mass is 10.2. The molecule has 112 valence electrons. The summed E-state index contributed by atoms with van der Waals surface area (Å²) in [5.41, 5.74) is 0. The number of amides is 1. The maximum Gasteiger partial charge on any atom is 0.345 e. The molecular formula is C13H19NO5S. The van der Waals surface area contributed by atoms with Gasteiger partial charge in [0.1, 0.15) is 4.88 Å². The average Bonchev–Trinajstić information content (AvgIpc) is 2.89. The molecule has 0 spiro atoms. The van der Waals surface area contributed by atoms with E-state index in [2.05, 4.69) is 0 Å². The first-order chi connectivity index (χ1) is 9.51. The van der Waals surface area contributed by atoms with Gasteiger partial charge in [-0.25, -0.2) is 4.79 Å². The monoisotopic (exact) mass is 301 g/mol. The van der Waals surface area contributed by atoms with Crippen LogP contribution in [-0.2, 0) is 9.47 Å². The number of carboxylic acid groups (broad SMARTS) is 1. The minimum absolute atomic E-state index is 0.113. The van der Waals surface area contributed by atoms with Crippen LogP contribution in [0.15, 0.2) is 12.1 Å². The molecule has 0 radical (unpaired) electrons. The van der Waals surface area contributed by atoms with Gasteiger partial charge in [-0.2, -0.15) is 0 Å². The van der Waals surface area contributed by atoms with Gasteiger partial charge in [0.05, 0.1) is 24.1 Å². The predicted octanol–water partition coefficient (Wildman–Crippen LogP) is 1.57. The highest BCUT2D eigenvalue weighted by atomic mass is 32.1. The molecule has 1 aromatic rings. The van der Waals surface area contributed by atoms with E-state index in [-0.39, 0.29) is 16.8 Å². The second-order valence-corrected chi connectivity index (χ2v) is 5.35. The largest absolute Gasteiger partial charge is 0.477 e. The highest BCUT2D eigenvalue weighted by Gasteiger charge is 2.23. The Balaban J connectivity index is 2.87. The average molecular weight is 301 g/mol. The molecule has 1 rings (SSSR count). The molecule has 20 heavy (non-hydrogen) atoms. The van der Waals surface area contributed by atoms with Crippen molar-refractivity contribution in [3.8, 4) is 0 Å². The van der Waals surface area contributed by atoms with Crippen LogP contribution < -0.4 is 0 Å². The van der Waals surface area contributed by atoms with Gasteiger partial charge < -0.3 is 19.5 Å². The molecule has 0 aliphatic rings. The molecule has 1 atom stereocenters. The molecule has 1 aromatic heterocycles. The summed E-state index contributed by atoms with van der Waals surface area (Å²) in [5, 5.41) is 8.90. The third-order valence-corrected chi connectivity index (χ3v) is 3.83. The molecule has 6 nitrogen and oxygen atoms in total. The van der Waals surface area contributed by atoms with Crippen LogP contribution in [0.5, 0.6) is 0 Å². The van der Waals surface area contributed by atoms with Gasteiger partial charge >= 0.3 is 5.97 Å². The lowest BCUT2D eigenvalue weighted by Crippen LogP contribution is -2.42. The normalized spacial score (nSPS) is 12.2. The van der Waals surface area contributed by atoms with Gasteiger partial charge in [-0.15, -0.1) is 11.3 Å². The van der Waals surface area contributed by atoms with E-state index in [1.807, 2.05) is 6.92 Å². The number of carboxylic acids is 1. The van der Waals surface area contributed by atoms with Crippen molar-refractivity contribution in [3.05, 3.63) is 21.9 Å². The van der Waals surface area contributed by atoms with Crippen molar-refractivity contribution in [3.63, 3.8) is 0 Å². The zero-order valence-corrected chi connectivity index (χ0v) is 12.6. The van der Waals surface area contributed by atoms with E-state index in [1.165, 1.54) is 12.1 Å². The first kappa shape index (κ1) is 16.6. The number of nitrogens with zero attached hydrogens (tertiary/aromatic N) is 1. The van der Waals surface area contributed by atoms with E-state index >= 15 is 0 Å². The second kappa shape index (κ2) is 7.98. The molecule has 1 amide bonds. The van der Waals surface area contributed by atoms with Crippen LogP contribution in [0.25, 0.3) is 0 Å². The highest BCUT2D eigenvalue weighted by molar-refractivity contribution is 7.15. The zero-order chi connectivity index (χ0) is 15.1. The van der Waals surface area contributed by atoms with Crippen molar-refractivity contribution >= 4 is 23.2 Å². The summed E-state index contributed by atoms with van der Waals surface area (Å²) in [5.74, 6) is -1.23. The van der Waals surface area contributed by atoms with E-state index in [0.29, 0.717) is 24.6 Å². The molecule has 0 fully saturated rings. The SMILES string of the molecule is COCCN(C(=O)c1ccc(C(=O)O)s1)C(C)COC. The first-order valence-corrected chi connectivity index (χ1v) is 6.94. The van der Waals surface area contributed by atoms with E-state index in [4.69, 9.17) is 14.6 Å². The Bertz CT molecular complexity index is 459. The van der Waals surface area contributed by atoms with Crippen LogP contribution in [0.4, 0.5) is 0 Å². The highest BCUT2D eigenvalue weighted by Crippen LogP contribution is 2.19. The Morgan fingerprint density at radius 2 is 1.95 bits per heavy atom. The second-order valence-electron chi connectivity index (χ2n) is 4.26. The van der Waals surface area contributed by atoms with Gasteiger partial charge in [0.15, 0.2) is 0 Å². The molecular weight excluding hydrogens is 282 g/mol. The number of hydrogen-bond donors (Lipinski definition) is 1. The quantitative estimate of drug-likeness (QED) is 0.788. The lowest BCUT2D eigenvalue weighted by Gasteiger charge is -2.28. The fourth-order valence-electron chi connectivity index (χ4n) is 1.75. The molecule has 0 bridgehead atoms. The van der Waals surface area contributed by atoms with Gasteiger partial charge in [0, 0.05) is 20.8 Å². The molecule has 1 unspecified atom stereocenters. The Kier molecular flexibility index (Phi) is 6.63. The van der Waals surface area contributed by atoms with E-state index in [1.54, 1.807) is 19.1 Å². The Hall–Kier alpha value is -1.44. The number of thiophene rings is 1. The van der Waals surface area contributed by atoms with Crippen LogP contribution in [0.2, 0.25) is 0 Å². The number of ether oxygens (including phenoxy) is 2. The van der Waals surface area contributed by atoms with Crippen LogP contribution in [-0.4, -0.2) is 61.9 Å². The Morgan fingerprint density at radius 1 is 1.30 bits per heavy atom. The minimum atomic E-state index is -1.03. The molecule has 0 aromatic carbocycles. The summed E-state index contributed by atoms with van der Waals surface area (Å²) in [6.45, 7) is 3.13. The summed E-state index contributed by atoms with van der Waals surface area (Å²) in [6, 6.07) is 2.86. The third-order valence-electron chi connectivity index (χ3n) is 2.76. The van der Waals surface area contributed by atoms with Gasteiger partial charge in [-0.05, 0) is 19.1 Å². The fraction of sp³-hybridized carbons (Fsp3) is 0.538. The maximum atomic E-state index is 12.4. The number of hydrogen-bond acceptors (Lipinski definition) is 5. The topological polar surface area (TPSA) is 76.1 Å². The van der Waals surface area contributed by atoms with E-state index < -0.39 is 5.97 Å². The zero-order valence-electron chi connectivity index (χ0n) is 11.8. The summed E-state index contributed by atoms with van der Waals surface area (Å²) in [4.78, 5) is 25.5. The van der Waals surface area contributed by atoms with Crippen molar-refractivity contribution in [2.45, 2.75) is 13.0 Å².